The second kappa shape index (κ2) is 7.18. The highest BCUT2D eigenvalue weighted by molar-refractivity contribution is 5.89. The number of nitro groups is 1. The molecular weight excluding hydrogens is 348 g/mol. The maximum absolute atomic E-state index is 12.2. The van der Waals surface area contributed by atoms with Gasteiger partial charge in [0.1, 0.15) is 29.1 Å². The Morgan fingerprint density at radius 1 is 1.15 bits per heavy atom. The number of nitrogen functional groups attached to an aromatic ring is 1. The molecule has 9 heteroatoms. The van der Waals surface area contributed by atoms with Crippen molar-refractivity contribution >= 4 is 17.2 Å². The Labute approximate surface area is 154 Å². The van der Waals surface area contributed by atoms with Crippen LogP contribution in [0.4, 0.5) is 17.2 Å². The number of anilines is 2. The fraction of sp³-hybridized carbons (Fsp3) is 0.278. The second-order valence-corrected chi connectivity index (χ2v) is 6.22. The zero-order valence-corrected chi connectivity index (χ0v) is 14.4. The van der Waals surface area contributed by atoms with E-state index in [4.69, 9.17) is 5.73 Å². The largest absolute Gasteiger partial charge is 0.384 e. The van der Waals surface area contributed by atoms with Gasteiger partial charge < -0.3 is 15.6 Å². The van der Waals surface area contributed by atoms with Crippen molar-refractivity contribution in [2.75, 3.05) is 23.7 Å². The number of nitrogens with two attached hydrogens (primary N) is 1. The van der Waals surface area contributed by atoms with Crippen LogP contribution in [0.2, 0.25) is 0 Å². The number of rotatable bonds is 3. The molecule has 0 aliphatic carbocycles. The summed E-state index contributed by atoms with van der Waals surface area (Å²) in [5, 5.41) is 30.3. The minimum absolute atomic E-state index is 0.0329. The number of hydrogen-bond donors (Lipinski definition) is 2. The summed E-state index contributed by atoms with van der Waals surface area (Å²) in [6, 6.07) is 7.98. The Bertz CT molecular complexity index is 1050. The topological polar surface area (TPSA) is 153 Å². The summed E-state index contributed by atoms with van der Waals surface area (Å²) in [5.41, 5.74) is 5.44. The molecule has 2 aromatic rings. The molecule has 0 amide bonds. The first-order chi connectivity index (χ1) is 13.0. The van der Waals surface area contributed by atoms with Crippen LogP contribution >= 0.6 is 0 Å². The second-order valence-electron chi connectivity index (χ2n) is 6.22. The maximum atomic E-state index is 12.2. The first kappa shape index (κ1) is 18.0. The van der Waals surface area contributed by atoms with E-state index in [1.54, 1.807) is 12.1 Å². The van der Waals surface area contributed by atoms with Gasteiger partial charge >= 0.3 is 0 Å². The number of H-pyrrole nitrogens is 1. The summed E-state index contributed by atoms with van der Waals surface area (Å²) in [4.78, 5) is 27.3. The van der Waals surface area contributed by atoms with Gasteiger partial charge in [0.05, 0.1) is 4.92 Å². The Kier molecular flexibility index (Phi) is 4.77. The van der Waals surface area contributed by atoms with Gasteiger partial charge in [-0.05, 0) is 25.3 Å². The molecule has 9 nitrogen and oxygen atoms in total. The van der Waals surface area contributed by atoms with E-state index in [9.17, 15) is 25.4 Å². The van der Waals surface area contributed by atoms with Crippen LogP contribution in [-0.4, -0.2) is 23.0 Å². The van der Waals surface area contributed by atoms with Gasteiger partial charge in [-0.25, -0.2) is 0 Å². The molecule has 1 fully saturated rings. The third kappa shape index (κ3) is 3.18. The molecule has 0 unspecified atom stereocenters. The molecule has 1 aromatic carbocycles. The number of pyridine rings is 1. The van der Waals surface area contributed by atoms with Crippen molar-refractivity contribution in [3.63, 3.8) is 0 Å². The smallest absolute Gasteiger partial charge is 0.270 e. The van der Waals surface area contributed by atoms with Crippen LogP contribution in [-0.2, 0) is 0 Å². The van der Waals surface area contributed by atoms with Crippen molar-refractivity contribution in [3.8, 4) is 23.3 Å². The van der Waals surface area contributed by atoms with Crippen LogP contribution < -0.4 is 16.2 Å². The highest BCUT2D eigenvalue weighted by Crippen LogP contribution is 2.38. The molecule has 1 aliphatic rings. The van der Waals surface area contributed by atoms with E-state index < -0.39 is 10.5 Å². The zero-order valence-electron chi connectivity index (χ0n) is 14.4. The Hall–Kier alpha value is -3.85. The van der Waals surface area contributed by atoms with Crippen molar-refractivity contribution in [3.05, 3.63) is 49.8 Å². The molecule has 0 spiro atoms. The number of non-ortho nitro benzene ring substituents is 1. The lowest BCUT2D eigenvalue weighted by Gasteiger charge is -2.31. The maximum Gasteiger partial charge on any atom is 0.270 e. The molecule has 0 radical (unpaired) electrons. The Morgan fingerprint density at radius 2 is 1.81 bits per heavy atom. The van der Waals surface area contributed by atoms with Gasteiger partial charge in [0.25, 0.3) is 11.2 Å². The van der Waals surface area contributed by atoms with Gasteiger partial charge in [-0.2, -0.15) is 10.5 Å². The zero-order chi connectivity index (χ0) is 19.6. The molecule has 27 heavy (non-hydrogen) atoms. The number of nitro benzene ring substituents is 1. The van der Waals surface area contributed by atoms with Crippen LogP contribution in [0.1, 0.15) is 30.4 Å². The molecule has 1 aromatic heterocycles. The van der Waals surface area contributed by atoms with Crippen molar-refractivity contribution in [2.24, 2.45) is 0 Å². The van der Waals surface area contributed by atoms with Crippen molar-refractivity contribution in [1.29, 1.82) is 10.5 Å². The van der Waals surface area contributed by atoms with E-state index in [2.05, 4.69) is 4.98 Å². The third-order valence-electron chi connectivity index (χ3n) is 4.63. The van der Waals surface area contributed by atoms with E-state index in [1.807, 2.05) is 11.0 Å². The first-order valence-corrected chi connectivity index (χ1v) is 8.37. The Balaban J connectivity index is 2.38. The quantitative estimate of drug-likeness (QED) is 0.625. The number of benzene rings is 1. The summed E-state index contributed by atoms with van der Waals surface area (Å²) in [6.45, 7) is 1.49. The van der Waals surface area contributed by atoms with Crippen LogP contribution in [0.15, 0.2) is 23.0 Å². The molecule has 2 heterocycles. The number of aromatic nitrogens is 1. The van der Waals surface area contributed by atoms with Gasteiger partial charge in [-0.15, -0.1) is 0 Å². The lowest BCUT2D eigenvalue weighted by Crippen LogP contribution is -2.30. The monoisotopic (exact) mass is 364 g/mol. The minimum Gasteiger partial charge on any atom is -0.384 e. The van der Waals surface area contributed by atoms with E-state index >= 15 is 0 Å². The average Bonchev–Trinajstić information content (AvgIpc) is 2.67. The third-order valence-corrected chi connectivity index (χ3v) is 4.63. The molecule has 136 valence electrons. The van der Waals surface area contributed by atoms with E-state index in [1.165, 1.54) is 12.1 Å². The SMILES string of the molecule is N#Cc1c(N)[nH]c(=O)c(C#N)c1-c1cc([N+](=O)[O-])ccc1N1CCCCC1. The van der Waals surface area contributed by atoms with Gasteiger partial charge in [0.2, 0.25) is 0 Å². The molecule has 1 saturated heterocycles. The molecule has 0 saturated carbocycles. The first-order valence-electron chi connectivity index (χ1n) is 8.37. The summed E-state index contributed by atoms with van der Waals surface area (Å²) >= 11 is 0. The Morgan fingerprint density at radius 3 is 2.41 bits per heavy atom. The molecule has 0 bridgehead atoms. The summed E-state index contributed by atoms with van der Waals surface area (Å²) in [7, 11) is 0. The number of nitrogens with zero attached hydrogens (tertiary/aromatic N) is 4. The number of nitrogens with one attached hydrogen (secondary N) is 1. The highest BCUT2D eigenvalue weighted by Gasteiger charge is 2.25. The van der Waals surface area contributed by atoms with Crippen LogP contribution in [0.25, 0.3) is 11.1 Å². The average molecular weight is 364 g/mol. The van der Waals surface area contributed by atoms with Crippen LogP contribution in [0, 0.1) is 32.8 Å². The van der Waals surface area contributed by atoms with Crippen molar-refractivity contribution < 1.29 is 4.92 Å². The molecule has 0 atom stereocenters. The standard InChI is InChI=1S/C18H16N6O3/c19-9-13-16(14(10-20)18(25)22-17(13)21)12-8-11(24(26)27)4-5-15(12)23-6-2-1-3-7-23/h4-5,8H,1-3,6-7H2,(H3,21,22,25). The van der Waals surface area contributed by atoms with E-state index in [0.29, 0.717) is 5.69 Å². The van der Waals surface area contributed by atoms with Gasteiger partial charge in [-0.3, -0.25) is 14.9 Å². The van der Waals surface area contributed by atoms with Gasteiger partial charge in [-0.1, -0.05) is 0 Å². The van der Waals surface area contributed by atoms with Gasteiger partial charge in [0.15, 0.2) is 0 Å². The summed E-state index contributed by atoms with van der Waals surface area (Å²) < 4.78 is 0. The summed E-state index contributed by atoms with van der Waals surface area (Å²) in [6.07, 6.45) is 3.01. The normalized spacial score (nSPS) is 13.6. The van der Waals surface area contributed by atoms with E-state index in [-0.39, 0.29) is 33.8 Å². The van der Waals surface area contributed by atoms with Crippen LogP contribution in [0.5, 0.6) is 0 Å². The van der Waals surface area contributed by atoms with Gasteiger partial charge in [0, 0.05) is 42.0 Å². The fourth-order valence-electron chi connectivity index (χ4n) is 3.36. The highest BCUT2D eigenvalue weighted by atomic mass is 16.6. The number of aromatic amines is 1. The molecule has 1 aliphatic heterocycles. The predicted octanol–water partition coefficient (Wildman–Crippen LogP) is 2.27. The fourth-order valence-corrected chi connectivity index (χ4v) is 3.36. The predicted molar refractivity (Wildman–Crippen MR) is 99.1 cm³/mol. The number of nitriles is 2. The molecule has 3 rings (SSSR count). The minimum atomic E-state index is -0.736. The summed E-state index contributed by atoms with van der Waals surface area (Å²) in [5.74, 6) is -0.174. The van der Waals surface area contributed by atoms with Crippen LogP contribution in [0.3, 0.4) is 0 Å². The lowest BCUT2D eigenvalue weighted by molar-refractivity contribution is -0.384. The van der Waals surface area contributed by atoms with Crippen molar-refractivity contribution in [1.82, 2.24) is 4.98 Å². The van der Waals surface area contributed by atoms with E-state index in [0.717, 1.165) is 32.4 Å². The number of hydrogen-bond acceptors (Lipinski definition) is 7. The number of piperidine rings is 1. The molecular formula is C18H16N6O3. The lowest BCUT2D eigenvalue weighted by atomic mass is 9.93. The molecule has 3 N–H and O–H groups in total. The van der Waals surface area contributed by atoms with Crippen molar-refractivity contribution in [2.45, 2.75) is 19.3 Å².